The zero-order chi connectivity index (χ0) is 22.5. The van der Waals surface area contributed by atoms with Crippen LogP contribution in [-0.2, 0) is 6.42 Å². The van der Waals surface area contributed by atoms with Gasteiger partial charge < -0.3 is 15.3 Å². The molecule has 9 heteroatoms. The van der Waals surface area contributed by atoms with Crippen LogP contribution in [-0.4, -0.2) is 47.7 Å². The van der Waals surface area contributed by atoms with Crippen LogP contribution in [0.4, 0.5) is 5.95 Å². The van der Waals surface area contributed by atoms with Crippen LogP contribution in [0.3, 0.4) is 0 Å². The van der Waals surface area contributed by atoms with Gasteiger partial charge in [-0.25, -0.2) is 20.8 Å². The average molecular weight is 430 g/mol. The Hall–Kier alpha value is -3.98. The van der Waals surface area contributed by atoms with Gasteiger partial charge in [-0.05, 0) is 49.6 Å². The van der Waals surface area contributed by atoms with Crippen LogP contribution >= 0.6 is 0 Å². The Morgan fingerprint density at radius 1 is 1.28 bits per heavy atom. The van der Waals surface area contributed by atoms with Crippen molar-refractivity contribution in [2.24, 2.45) is 5.84 Å². The van der Waals surface area contributed by atoms with Gasteiger partial charge in [0.2, 0.25) is 5.95 Å². The van der Waals surface area contributed by atoms with Gasteiger partial charge in [0.25, 0.3) is 0 Å². The Balaban J connectivity index is 1.61. The molecule has 0 aromatic carbocycles. The number of nitrogens with zero attached hydrogens (tertiary/aromatic N) is 5. The van der Waals surface area contributed by atoms with Crippen LogP contribution in [0.1, 0.15) is 30.7 Å². The number of hydrogen-bond donors (Lipinski definition) is 4. The van der Waals surface area contributed by atoms with Gasteiger partial charge in [0.1, 0.15) is 5.65 Å². The highest BCUT2D eigenvalue weighted by molar-refractivity contribution is 6.04. The van der Waals surface area contributed by atoms with Crippen molar-refractivity contribution in [2.45, 2.75) is 26.3 Å². The Labute approximate surface area is 186 Å². The predicted octanol–water partition coefficient (Wildman–Crippen LogP) is 3.37. The lowest BCUT2D eigenvalue weighted by Crippen LogP contribution is -2.32. The number of anilines is 1. The Bertz CT molecular complexity index is 1220. The summed E-state index contributed by atoms with van der Waals surface area (Å²) >= 11 is 0. The van der Waals surface area contributed by atoms with Crippen LogP contribution in [0.15, 0.2) is 62.0 Å². The number of nitrogens with two attached hydrogens (primary N) is 1. The summed E-state index contributed by atoms with van der Waals surface area (Å²) in [5.74, 6) is 6.78. The van der Waals surface area contributed by atoms with Crippen molar-refractivity contribution >= 4 is 28.1 Å². The van der Waals surface area contributed by atoms with Gasteiger partial charge in [0.15, 0.2) is 0 Å². The number of aromatic nitrogens is 6. The van der Waals surface area contributed by atoms with Crippen LogP contribution in [0.25, 0.3) is 22.2 Å². The number of H-pyrrole nitrogens is 2. The highest BCUT2D eigenvalue weighted by Gasteiger charge is 2.15. The van der Waals surface area contributed by atoms with E-state index >= 15 is 0 Å². The van der Waals surface area contributed by atoms with Gasteiger partial charge in [0.05, 0.1) is 11.9 Å². The zero-order valence-electron chi connectivity index (χ0n) is 18.2. The summed E-state index contributed by atoms with van der Waals surface area (Å²) in [6.07, 6.45) is 11.8. The number of fused-ring (bicyclic) bond motifs is 1. The molecule has 0 atom stereocenters. The molecule has 4 heterocycles. The minimum Gasteiger partial charge on any atom is -0.354 e. The first-order valence-electron chi connectivity index (χ1n) is 10.4. The minimum absolute atomic E-state index is 0.109. The summed E-state index contributed by atoms with van der Waals surface area (Å²) in [7, 11) is 0. The van der Waals surface area contributed by atoms with E-state index in [0.29, 0.717) is 12.5 Å². The molecular weight excluding hydrogens is 402 g/mol. The second kappa shape index (κ2) is 9.44. The highest BCUT2D eigenvalue weighted by Crippen LogP contribution is 2.30. The Morgan fingerprint density at radius 3 is 2.94 bits per heavy atom. The van der Waals surface area contributed by atoms with E-state index in [1.807, 2.05) is 44.6 Å². The normalized spacial score (nSPS) is 11.8. The Kier molecular flexibility index (Phi) is 6.27. The van der Waals surface area contributed by atoms with E-state index in [4.69, 9.17) is 10.8 Å². The number of pyridine rings is 1. The molecule has 9 nitrogen and oxygen atoms in total. The lowest BCUT2D eigenvalue weighted by Gasteiger charge is -2.21. The topological polar surface area (TPSA) is 124 Å². The number of nitrogens with one attached hydrogen (secondary N) is 3. The number of hydrogen-bond acceptors (Lipinski definition) is 7. The molecule has 164 valence electrons. The first-order valence-corrected chi connectivity index (χ1v) is 10.4. The van der Waals surface area contributed by atoms with E-state index in [0.717, 1.165) is 45.4 Å². The molecule has 0 bridgehead atoms. The van der Waals surface area contributed by atoms with E-state index in [2.05, 4.69) is 43.1 Å². The van der Waals surface area contributed by atoms with Crippen molar-refractivity contribution in [1.82, 2.24) is 35.1 Å². The third kappa shape index (κ3) is 4.84. The number of hydrazine groups is 1. The van der Waals surface area contributed by atoms with E-state index < -0.39 is 0 Å². The summed E-state index contributed by atoms with van der Waals surface area (Å²) in [5.41, 5.74) is 5.15. The van der Waals surface area contributed by atoms with Crippen LogP contribution in [0, 0.1) is 0 Å². The quantitative estimate of drug-likeness (QED) is 0.183. The van der Waals surface area contributed by atoms with Crippen molar-refractivity contribution in [3.8, 4) is 0 Å². The number of allylic oxidation sites excluding steroid dienone is 2. The summed E-state index contributed by atoms with van der Waals surface area (Å²) < 4.78 is 0. The molecule has 0 saturated carbocycles. The maximum absolute atomic E-state index is 6.24. The van der Waals surface area contributed by atoms with E-state index in [1.54, 1.807) is 23.6 Å². The Morgan fingerprint density at radius 2 is 2.16 bits per heavy atom. The van der Waals surface area contributed by atoms with E-state index in [-0.39, 0.29) is 6.04 Å². The summed E-state index contributed by atoms with van der Waals surface area (Å²) in [6.45, 7) is 9.07. The fourth-order valence-electron chi connectivity index (χ4n) is 3.18. The van der Waals surface area contributed by atoms with Gasteiger partial charge in [-0.3, -0.25) is 5.10 Å². The molecule has 0 aliphatic carbocycles. The molecule has 0 amide bonds. The standard InChI is InChI=1S/C23H27N9/c1-15(2)32(24)14-20(16(3)19-10-18-5-8-25-22(18)28-13-19)21-6-9-27-23(31-21)26-7-4-17-11-29-30-12-17/h5-6,8-15H,3-4,7,24H2,1-2H3,(H,25,28)(H,29,30)(H,26,27,31)/b20-14+. The van der Waals surface area contributed by atoms with Gasteiger partial charge in [-0.2, -0.15) is 5.10 Å². The molecule has 4 rings (SSSR count). The van der Waals surface area contributed by atoms with Crippen molar-refractivity contribution in [2.75, 3.05) is 11.9 Å². The molecule has 0 unspecified atom stereocenters. The second-order valence-electron chi connectivity index (χ2n) is 7.75. The summed E-state index contributed by atoms with van der Waals surface area (Å²) in [6, 6.07) is 6.00. The largest absolute Gasteiger partial charge is 0.354 e. The van der Waals surface area contributed by atoms with Crippen molar-refractivity contribution in [1.29, 1.82) is 0 Å². The van der Waals surface area contributed by atoms with E-state index in [9.17, 15) is 0 Å². The molecule has 4 aromatic heterocycles. The third-order valence-electron chi connectivity index (χ3n) is 5.13. The molecule has 0 spiro atoms. The maximum Gasteiger partial charge on any atom is 0.223 e. The van der Waals surface area contributed by atoms with Gasteiger partial charge >= 0.3 is 0 Å². The number of aromatic amines is 2. The SMILES string of the molecule is C=C(/C(=C\N(N)C(C)C)c1ccnc(NCCc2cn[nH]c2)n1)c1cnc2[nH]ccc2c1. The molecule has 0 fully saturated rings. The van der Waals surface area contributed by atoms with Crippen molar-refractivity contribution in [3.63, 3.8) is 0 Å². The molecule has 0 saturated heterocycles. The molecule has 4 aromatic rings. The van der Waals surface area contributed by atoms with E-state index in [1.165, 1.54) is 0 Å². The zero-order valence-corrected chi connectivity index (χ0v) is 18.2. The van der Waals surface area contributed by atoms with Crippen LogP contribution in [0.5, 0.6) is 0 Å². The average Bonchev–Trinajstić information content (AvgIpc) is 3.48. The minimum atomic E-state index is 0.109. The summed E-state index contributed by atoms with van der Waals surface area (Å²) in [4.78, 5) is 16.7. The molecule has 0 aliphatic heterocycles. The van der Waals surface area contributed by atoms with Gasteiger partial charge in [-0.1, -0.05) is 6.58 Å². The molecule has 32 heavy (non-hydrogen) atoms. The molecule has 0 aliphatic rings. The lowest BCUT2D eigenvalue weighted by atomic mass is 9.98. The second-order valence-corrected chi connectivity index (χ2v) is 7.75. The third-order valence-corrected chi connectivity index (χ3v) is 5.13. The monoisotopic (exact) mass is 429 g/mol. The van der Waals surface area contributed by atoms with Crippen molar-refractivity contribution in [3.05, 3.63) is 78.8 Å². The van der Waals surface area contributed by atoms with Crippen molar-refractivity contribution < 1.29 is 0 Å². The van der Waals surface area contributed by atoms with Crippen LogP contribution in [0.2, 0.25) is 0 Å². The van der Waals surface area contributed by atoms with Gasteiger partial charge in [0, 0.05) is 60.1 Å². The molecular formula is C23H27N9. The highest BCUT2D eigenvalue weighted by atomic mass is 15.4. The maximum atomic E-state index is 6.24. The fourth-order valence-corrected chi connectivity index (χ4v) is 3.18. The smallest absolute Gasteiger partial charge is 0.223 e. The van der Waals surface area contributed by atoms with Crippen LogP contribution < -0.4 is 11.2 Å². The van der Waals surface area contributed by atoms with Gasteiger partial charge in [-0.15, -0.1) is 0 Å². The summed E-state index contributed by atoms with van der Waals surface area (Å²) in [5, 5.41) is 12.7. The molecule has 0 radical (unpaired) electrons. The lowest BCUT2D eigenvalue weighted by molar-refractivity contribution is 0.324. The fraction of sp³-hybridized carbons (Fsp3) is 0.217. The predicted molar refractivity (Wildman–Crippen MR) is 127 cm³/mol. The number of rotatable bonds is 9. The molecule has 5 N–H and O–H groups in total. The first kappa shape index (κ1) is 21.3. The first-order chi connectivity index (χ1) is 15.5.